The molecule has 364 valence electrons. The largest absolute Gasteiger partial charge is 0.508 e. The molecule has 5 aliphatic carbocycles. The van der Waals surface area contributed by atoms with Gasteiger partial charge in [-0.3, -0.25) is 9.69 Å². The number of aromatic hydroxyl groups is 1. The zero-order chi connectivity index (χ0) is 48.0. The Bertz CT molecular complexity index is 2700. The van der Waals surface area contributed by atoms with E-state index in [1.54, 1.807) is 26.0 Å². The molecule has 5 atom stereocenters. The van der Waals surface area contributed by atoms with Crippen LogP contribution in [0.3, 0.4) is 0 Å². The second-order valence-corrected chi connectivity index (χ2v) is 22.0. The van der Waals surface area contributed by atoms with Gasteiger partial charge in [-0.1, -0.05) is 24.3 Å². The molecule has 0 amide bonds. The first-order chi connectivity index (χ1) is 33.1. The molecule has 4 aromatic rings. The fourth-order valence-electron chi connectivity index (χ4n) is 14.2. The SMILES string of the molecule is COC(=O)C[C@](O)(CCCC(C)(C)O)C(=O)O[C@@H]1C(OC)=C[C@]23CCCN2C(OC(=O)c2ccc(-c4ccc5cc(O)c(C67CC8CC(CC(C8)C6)C7)cc5c4)cc2)Cc2cc4c(cc2[C@H]13)OCO4. The van der Waals surface area contributed by atoms with Crippen LogP contribution in [0.5, 0.6) is 17.2 Å². The van der Waals surface area contributed by atoms with Gasteiger partial charge >= 0.3 is 17.9 Å². The van der Waals surface area contributed by atoms with Crippen LogP contribution in [0.4, 0.5) is 0 Å². The minimum Gasteiger partial charge on any atom is -0.508 e. The van der Waals surface area contributed by atoms with E-state index in [1.807, 2.05) is 36.4 Å². The van der Waals surface area contributed by atoms with Crippen LogP contribution >= 0.6 is 0 Å². The summed E-state index contributed by atoms with van der Waals surface area (Å²) in [6, 6.07) is 21.8. The van der Waals surface area contributed by atoms with Gasteiger partial charge in [-0.15, -0.1) is 0 Å². The Morgan fingerprint density at radius 2 is 1.52 bits per heavy atom. The molecular weight excluding hydrogens is 879 g/mol. The number of fused-ring (bicyclic) bond motifs is 4. The van der Waals surface area contributed by atoms with E-state index < -0.39 is 59.3 Å². The van der Waals surface area contributed by atoms with Crippen LogP contribution in [-0.2, 0) is 40.4 Å². The molecule has 4 bridgehead atoms. The first-order valence-electron chi connectivity index (χ1n) is 24.8. The number of phenols is 1. The molecule has 69 heavy (non-hydrogen) atoms. The fraction of sp³-hybridized carbons (Fsp3) is 0.518. The Balaban J connectivity index is 0.869. The number of rotatable bonds is 13. The topological polar surface area (TPSA) is 171 Å². The quantitative estimate of drug-likeness (QED) is 0.0860. The maximum absolute atomic E-state index is 14.4. The Morgan fingerprint density at radius 3 is 2.20 bits per heavy atom. The predicted octanol–water partition coefficient (Wildman–Crippen LogP) is 8.76. The lowest BCUT2D eigenvalue weighted by molar-refractivity contribution is -0.179. The highest BCUT2D eigenvalue weighted by Crippen LogP contribution is 2.62. The van der Waals surface area contributed by atoms with Crippen molar-refractivity contribution in [2.45, 2.75) is 138 Å². The van der Waals surface area contributed by atoms with Crippen LogP contribution in [0.2, 0.25) is 0 Å². The summed E-state index contributed by atoms with van der Waals surface area (Å²) in [5.41, 5.74) is 0.984. The lowest BCUT2D eigenvalue weighted by Gasteiger charge is -2.57. The van der Waals surface area contributed by atoms with Crippen molar-refractivity contribution < 1.29 is 58.1 Å². The number of esters is 3. The van der Waals surface area contributed by atoms with Crippen LogP contribution in [0, 0.1) is 17.8 Å². The molecule has 3 aliphatic heterocycles. The Morgan fingerprint density at radius 1 is 0.826 bits per heavy atom. The number of hydrogen-bond donors (Lipinski definition) is 3. The zero-order valence-corrected chi connectivity index (χ0v) is 40.0. The first-order valence-corrected chi connectivity index (χ1v) is 24.8. The number of nitrogens with zero attached hydrogens (tertiary/aromatic N) is 1. The van der Waals surface area contributed by atoms with Gasteiger partial charge in [0.2, 0.25) is 6.79 Å². The van der Waals surface area contributed by atoms with Crippen molar-refractivity contribution in [1.82, 2.24) is 4.90 Å². The normalized spacial score (nSPS) is 29.3. The van der Waals surface area contributed by atoms with Gasteiger partial charge in [-0.2, -0.15) is 0 Å². The molecule has 5 fully saturated rings. The van der Waals surface area contributed by atoms with Gasteiger partial charge < -0.3 is 43.7 Å². The summed E-state index contributed by atoms with van der Waals surface area (Å²) < 4.78 is 35.5. The lowest BCUT2D eigenvalue weighted by Crippen LogP contribution is -2.53. The van der Waals surface area contributed by atoms with Gasteiger partial charge in [-0.25, -0.2) is 9.59 Å². The van der Waals surface area contributed by atoms with Crippen molar-refractivity contribution in [3.05, 3.63) is 101 Å². The Hall–Kier alpha value is -5.63. The van der Waals surface area contributed by atoms with E-state index in [9.17, 15) is 29.7 Å². The number of benzene rings is 4. The molecule has 1 spiro atoms. The molecule has 13 heteroatoms. The van der Waals surface area contributed by atoms with Crippen molar-refractivity contribution in [3.8, 4) is 28.4 Å². The first kappa shape index (κ1) is 45.8. The molecule has 0 radical (unpaired) electrons. The minimum atomic E-state index is -2.26. The summed E-state index contributed by atoms with van der Waals surface area (Å²) >= 11 is 0. The molecule has 3 N–H and O–H groups in total. The second-order valence-electron chi connectivity index (χ2n) is 22.0. The van der Waals surface area contributed by atoms with Crippen LogP contribution in [0.15, 0.2) is 78.6 Å². The third kappa shape index (κ3) is 8.11. The summed E-state index contributed by atoms with van der Waals surface area (Å²) in [4.78, 5) is 43.5. The molecule has 4 saturated carbocycles. The monoisotopic (exact) mass is 941 g/mol. The summed E-state index contributed by atoms with van der Waals surface area (Å²) in [7, 11) is 2.69. The van der Waals surface area contributed by atoms with Gasteiger partial charge in [0.1, 0.15) is 11.5 Å². The highest BCUT2D eigenvalue weighted by atomic mass is 16.7. The lowest BCUT2D eigenvalue weighted by atomic mass is 9.48. The standard InChI is InChI=1S/C56H63NO12/c1-53(2,62)13-5-15-56(63,30-48(59)65-4)52(61)69-50-46(64-3)29-55-14-6-16-57(55)47(24-40-23-44-45(67-31-66-44)25-41(40)49(50)55)68-51(60)36-9-7-35(8-10-36)37-11-12-38-22-43(58)42(21-39(38)20-37)54-26-32-17-33(27-54)19-34(18-32)28-54/h7-12,20-23,25,29,32-34,47,49-50,58,62-63H,5-6,13-19,24,26-28,30-31H2,1-4H3/t32?,33?,34?,47?,49-,50-,54?,55+,56-/m1/s1. The number of hydrogen-bond acceptors (Lipinski definition) is 13. The average Bonchev–Trinajstić information content (AvgIpc) is 4.02. The van der Waals surface area contributed by atoms with Crippen LogP contribution in [0.25, 0.3) is 21.9 Å². The molecule has 8 aliphatic rings. The minimum absolute atomic E-state index is 0.0332. The Labute approximate surface area is 402 Å². The zero-order valence-electron chi connectivity index (χ0n) is 40.0. The number of carbonyl (C=O) groups is 3. The predicted molar refractivity (Wildman–Crippen MR) is 254 cm³/mol. The van der Waals surface area contributed by atoms with Crippen molar-refractivity contribution in [3.63, 3.8) is 0 Å². The summed E-state index contributed by atoms with van der Waals surface area (Å²) in [6.07, 6.45) is 9.06. The van der Waals surface area contributed by atoms with Gasteiger partial charge in [0.25, 0.3) is 0 Å². The van der Waals surface area contributed by atoms with Gasteiger partial charge in [0.05, 0.1) is 43.3 Å². The van der Waals surface area contributed by atoms with Crippen LogP contribution in [0.1, 0.15) is 124 Å². The fourth-order valence-corrected chi connectivity index (χ4v) is 14.2. The van der Waals surface area contributed by atoms with Crippen molar-refractivity contribution >= 4 is 28.7 Å². The molecule has 13 nitrogen and oxygen atoms in total. The third-order valence-corrected chi connectivity index (χ3v) is 16.9. The molecule has 3 heterocycles. The van der Waals surface area contributed by atoms with E-state index in [0.29, 0.717) is 48.0 Å². The third-order valence-electron chi connectivity index (χ3n) is 16.9. The van der Waals surface area contributed by atoms with Gasteiger partial charge in [0, 0.05) is 18.5 Å². The van der Waals surface area contributed by atoms with E-state index in [-0.39, 0.29) is 31.5 Å². The number of ether oxygens (including phenoxy) is 6. The van der Waals surface area contributed by atoms with Gasteiger partial charge in [-0.05, 0) is 189 Å². The average molecular weight is 942 g/mol. The number of aliphatic hydroxyl groups is 2. The summed E-state index contributed by atoms with van der Waals surface area (Å²) in [6.45, 7) is 3.87. The van der Waals surface area contributed by atoms with Crippen molar-refractivity contribution in [1.29, 1.82) is 0 Å². The smallest absolute Gasteiger partial charge is 0.339 e. The van der Waals surface area contributed by atoms with Crippen LogP contribution < -0.4 is 9.47 Å². The maximum atomic E-state index is 14.4. The number of phenolic OH excluding ortho intramolecular Hbond substituents is 1. The molecule has 1 saturated heterocycles. The van der Waals surface area contributed by atoms with E-state index in [2.05, 4.69) is 29.2 Å². The molecule has 0 aromatic heterocycles. The molecule has 12 rings (SSSR count). The maximum Gasteiger partial charge on any atom is 0.339 e. The highest BCUT2D eigenvalue weighted by Gasteiger charge is 2.61. The molecule has 1 unspecified atom stereocenters. The Kier molecular flexibility index (Phi) is 11.3. The second kappa shape index (κ2) is 17.1. The molecule has 4 aromatic carbocycles. The number of carbonyl (C=O) groups excluding carboxylic acids is 3. The van der Waals surface area contributed by atoms with Gasteiger partial charge in [0.15, 0.2) is 29.4 Å². The molecular formula is C56H63NO12. The van der Waals surface area contributed by atoms with E-state index in [4.69, 9.17) is 28.4 Å². The van der Waals surface area contributed by atoms with E-state index in [1.165, 1.54) is 52.7 Å². The summed E-state index contributed by atoms with van der Waals surface area (Å²) in [5, 5.41) is 35.8. The van der Waals surface area contributed by atoms with E-state index >= 15 is 0 Å². The number of methoxy groups -OCH3 is 2. The van der Waals surface area contributed by atoms with Crippen LogP contribution in [-0.4, -0.2) is 94.8 Å². The highest BCUT2D eigenvalue weighted by molar-refractivity contribution is 5.92. The summed E-state index contributed by atoms with van der Waals surface area (Å²) in [5.74, 6) is 1.28. The van der Waals surface area contributed by atoms with E-state index in [0.717, 1.165) is 62.8 Å². The van der Waals surface area contributed by atoms with Crippen molar-refractivity contribution in [2.75, 3.05) is 27.6 Å². The van der Waals surface area contributed by atoms with Crippen molar-refractivity contribution in [2.24, 2.45) is 17.8 Å².